The van der Waals surface area contributed by atoms with E-state index >= 15 is 0 Å². The Morgan fingerprint density at radius 3 is 1.96 bits per heavy atom. The number of nitrogens with one attached hydrogen (secondary N) is 2. The average Bonchev–Trinajstić information content (AvgIpc) is 2.67. The standard InChI is InChI=1S/C21H23N3O2/c1-4-21(2,20(26)23-3)24-19(25)17-11-7-15(8-12-17)5-6-16-9-13-18(22)14-10-16/h7-14H,4,22H2,1-3H3,(H,23,26)(H,24,25). The average molecular weight is 349 g/mol. The van der Waals surface area contributed by atoms with Crippen LogP contribution in [0.15, 0.2) is 48.5 Å². The van der Waals surface area contributed by atoms with Crippen LogP contribution >= 0.6 is 0 Å². The van der Waals surface area contributed by atoms with Gasteiger partial charge in [0.1, 0.15) is 5.54 Å². The maximum atomic E-state index is 12.4. The van der Waals surface area contributed by atoms with Gasteiger partial charge in [0.05, 0.1) is 0 Å². The molecule has 2 aromatic carbocycles. The Labute approximate surface area is 154 Å². The van der Waals surface area contributed by atoms with E-state index in [1.807, 2.05) is 19.1 Å². The number of amides is 2. The molecule has 0 saturated heterocycles. The molecular formula is C21H23N3O2. The third-order valence-electron chi connectivity index (χ3n) is 4.23. The summed E-state index contributed by atoms with van der Waals surface area (Å²) < 4.78 is 0. The summed E-state index contributed by atoms with van der Waals surface area (Å²) >= 11 is 0. The zero-order valence-electron chi connectivity index (χ0n) is 15.2. The van der Waals surface area contributed by atoms with Crippen LogP contribution in [0.3, 0.4) is 0 Å². The van der Waals surface area contributed by atoms with E-state index in [1.54, 1.807) is 50.4 Å². The smallest absolute Gasteiger partial charge is 0.252 e. The van der Waals surface area contributed by atoms with Crippen molar-refractivity contribution in [2.75, 3.05) is 12.8 Å². The third kappa shape index (κ3) is 4.64. The molecule has 0 saturated carbocycles. The number of nitrogens with two attached hydrogens (primary N) is 1. The van der Waals surface area contributed by atoms with Crippen molar-refractivity contribution in [3.8, 4) is 11.8 Å². The first kappa shape index (κ1) is 19.1. The number of nitrogen functional groups attached to an aromatic ring is 1. The molecule has 2 rings (SSSR count). The molecule has 2 aromatic rings. The zero-order chi connectivity index (χ0) is 19.2. The Balaban J connectivity index is 2.10. The van der Waals surface area contributed by atoms with Gasteiger partial charge in [-0.25, -0.2) is 0 Å². The molecule has 1 unspecified atom stereocenters. The van der Waals surface area contributed by atoms with E-state index in [0.717, 1.165) is 11.1 Å². The minimum absolute atomic E-state index is 0.223. The molecule has 0 aromatic heterocycles. The van der Waals surface area contributed by atoms with Crippen molar-refractivity contribution in [2.24, 2.45) is 0 Å². The SMILES string of the molecule is CCC(C)(NC(=O)c1ccc(C#Cc2ccc(N)cc2)cc1)C(=O)NC. The van der Waals surface area contributed by atoms with Crippen LogP contribution in [0.1, 0.15) is 41.8 Å². The largest absolute Gasteiger partial charge is 0.399 e. The first-order valence-corrected chi connectivity index (χ1v) is 8.40. The number of anilines is 1. The van der Waals surface area contributed by atoms with Gasteiger partial charge >= 0.3 is 0 Å². The molecule has 26 heavy (non-hydrogen) atoms. The fourth-order valence-electron chi connectivity index (χ4n) is 2.32. The van der Waals surface area contributed by atoms with E-state index in [2.05, 4.69) is 22.5 Å². The number of hydrogen-bond acceptors (Lipinski definition) is 3. The number of carbonyl (C=O) groups is 2. The van der Waals surface area contributed by atoms with E-state index in [9.17, 15) is 9.59 Å². The highest BCUT2D eigenvalue weighted by Crippen LogP contribution is 2.12. The van der Waals surface area contributed by atoms with Crippen molar-refractivity contribution in [1.82, 2.24) is 10.6 Å². The van der Waals surface area contributed by atoms with Crippen LogP contribution in [-0.4, -0.2) is 24.4 Å². The summed E-state index contributed by atoms with van der Waals surface area (Å²) in [5, 5.41) is 5.37. The molecule has 0 aliphatic heterocycles. The molecule has 0 heterocycles. The van der Waals surface area contributed by atoms with E-state index in [4.69, 9.17) is 5.73 Å². The predicted octanol–water partition coefficient (Wildman–Crippen LogP) is 2.31. The molecule has 134 valence electrons. The van der Waals surface area contributed by atoms with Crippen LogP contribution in [0.5, 0.6) is 0 Å². The maximum absolute atomic E-state index is 12.4. The second-order valence-electron chi connectivity index (χ2n) is 6.17. The summed E-state index contributed by atoms with van der Waals surface area (Å²) in [5.41, 5.74) is 7.54. The van der Waals surface area contributed by atoms with Gasteiger partial charge in [0.15, 0.2) is 0 Å². The first-order chi connectivity index (χ1) is 12.4. The molecule has 0 aliphatic rings. The van der Waals surface area contributed by atoms with Gasteiger partial charge in [0.25, 0.3) is 5.91 Å². The Kier molecular flexibility index (Phi) is 6.03. The number of rotatable bonds is 4. The fourth-order valence-corrected chi connectivity index (χ4v) is 2.32. The lowest BCUT2D eigenvalue weighted by Crippen LogP contribution is -2.55. The summed E-state index contributed by atoms with van der Waals surface area (Å²) in [4.78, 5) is 24.4. The predicted molar refractivity (Wildman–Crippen MR) is 104 cm³/mol. The van der Waals surface area contributed by atoms with Gasteiger partial charge in [-0.05, 0) is 61.9 Å². The van der Waals surface area contributed by atoms with Crippen molar-refractivity contribution >= 4 is 17.5 Å². The summed E-state index contributed by atoms with van der Waals surface area (Å²) in [5.74, 6) is 5.58. The van der Waals surface area contributed by atoms with Gasteiger partial charge in [-0.1, -0.05) is 18.8 Å². The number of likely N-dealkylation sites (N-methyl/N-ethyl adjacent to an activating group) is 1. The normalized spacial score (nSPS) is 12.3. The molecule has 0 fully saturated rings. The van der Waals surface area contributed by atoms with Gasteiger partial charge < -0.3 is 16.4 Å². The number of hydrogen-bond donors (Lipinski definition) is 3. The van der Waals surface area contributed by atoms with Crippen molar-refractivity contribution < 1.29 is 9.59 Å². The maximum Gasteiger partial charge on any atom is 0.252 e. The Morgan fingerprint density at radius 1 is 1.00 bits per heavy atom. The monoisotopic (exact) mass is 349 g/mol. The second-order valence-corrected chi connectivity index (χ2v) is 6.17. The molecule has 2 amide bonds. The van der Waals surface area contributed by atoms with Gasteiger partial charge in [0.2, 0.25) is 5.91 Å². The van der Waals surface area contributed by atoms with Crippen molar-refractivity contribution in [3.63, 3.8) is 0 Å². The van der Waals surface area contributed by atoms with Gasteiger partial charge in [0, 0.05) is 29.4 Å². The molecular weight excluding hydrogens is 326 g/mol. The lowest BCUT2D eigenvalue weighted by Gasteiger charge is -2.27. The van der Waals surface area contributed by atoms with E-state index in [-0.39, 0.29) is 11.8 Å². The molecule has 0 spiro atoms. The Morgan fingerprint density at radius 2 is 1.50 bits per heavy atom. The number of carbonyl (C=O) groups excluding carboxylic acids is 2. The van der Waals surface area contributed by atoms with Crippen LogP contribution in [0.4, 0.5) is 5.69 Å². The van der Waals surface area contributed by atoms with Crippen LogP contribution in [0, 0.1) is 11.8 Å². The summed E-state index contributed by atoms with van der Waals surface area (Å²) in [6, 6.07) is 14.3. The highest BCUT2D eigenvalue weighted by molar-refractivity contribution is 5.99. The third-order valence-corrected chi connectivity index (χ3v) is 4.23. The fraction of sp³-hybridized carbons (Fsp3) is 0.238. The number of benzene rings is 2. The van der Waals surface area contributed by atoms with Crippen LogP contribution in [0.25, 0.3) is 0 Å². The molecule has 5 heteroatoms. The van der Waals surface area contributed by atoms with Crippen LogP contribution in [0.2, 0.25) is 0 Å². The van der Waals surface area contributed by atoms with E-state index in [1.165, 1.54) is 0 Å². The molecule has 0 bridgehead atoms. The highest BCUT2D eigenvalue weighted by atomic mass is 16.2. The van der Waals surface area contributed by atoms with Crippen LogP contribution in [-0.2, 0) is 4.79 Å². The summed E-state index contributed by atoms with van der Waals surface area (Å²) in [7, 11) is 1.55. The Hall–Kier alpha value is -3.26. The molecule has 1 atom stereocenters. The van der Waals surface area contributed by atoms with E-state index in [0.29, 0.717) is 17.7 Å². The van der Waals surface area contributed by atoms with Crippen molar-refractivity contribution in [1.29, 1.82) is 0 Å². The second kappa shape index (κ2) is 8.21. The lowest BCUT2D eigenvalue weighted by molar-refractivity contribution is -0.126. The lowest BCUT2D eigenvalue weighted by atomic mass is 9.97. The summed E-state index contributed by atoms with van der Waals surface area (Å²) in [6.45, 7) is 3.56. The topological polar surface area (TPSA) is 84.2 Å². The van der Waals surface area contributed by atoms with Crippen molar-refractivity contribution in [2.45, 2.75) is 25.8 Å². The Bertz CT molecular complexity index is 846. The van der Waals surface area contributed by atoms with Gasteiger partial charge in [-0.3, -0.25) is 9.59 Å². The molecule has 5 nitrogen and oxygen atoms in total. The van der Waals surface area contributed by atoms with Gasteiger partial charge in [-0.15, -0.1) is 0 Å². The first-order valence-electron chi connectivity index (χ1n) is 8.40. The minimum atomic E-state index is -0.945. The highest BCUT2D eigenvalue weighted by Gasteiger charge is 2.32. The van der Waals surface area contributed by atoms with Gasteiger partial charge in [-0.2, -0.15) is 0 Å². The summed E-state index contributed by atoms with van der Waals surface area (Å²) in [6.07, 6.45) is 0.490. The van der Waals surface area contributed by atoms with E-state index < -0.39 is 5.54 Å². The molecule has 0 radical (unpaired) electrons. The molecule has 0 aliphatic carbocycles. The zero-order valence-corrected chi connectivity index (χ0v) is 15.2. The quantitative estimate of drug-likeness (QED) is 0.585. The van der Waals surface area contributed by atoms with Crippen molar-refractivity contribution in [3.05, 3.63) is 65.2 Å². The minimum Gasteiger partial charge on any atom is -0.399 e. The molecule has 4 N–H and O–H groups in total. The van der Waals surface area contributed by atoms with Crippen LogP contribution < -0.4 is 16.4 Å².